The van der Waals surface area contributed by atoms with Crippen LogP contribution < -0.4 is 14.8 Å². The van der Waals surface area contributed by atoms with Crippen molar-refractivity contribution in [1.82, 2.24) is 0 Å². The minimum Gasteiger partial charge on any atom is -0.493 e. The molecule has 0 aliphatic carbocycles. The molecule has 1 N–H and O–H groups in total. The lowest BCUT2D eigenvalue weighted by Gasteiger charge is -2.10. The average molecular weight is 349 g/mol. The van der Waals surface area contributed by atoms with Crippen LogP contribution in [0.3, 0.4) is 0 Å². The summed E-state index contributed by atoms with van der Waals surface area (Å²) in [5.41, 5.74) is 0.815. The molecular formula is C17H19NO3S2. The van der Waals surface area contributed by atoms with Gasteiger partial charge in [-0.3, -0.25) is 4.79 Å². The first kappa shape index (κ1) is 17.6. The number of methoxy groups -OCH3 is 2. The van der Waals surface area contributed by atoms with E-state index in [9.17, 15) is 4.79 Å². The van der Waals surface area contributed by atoms with Crippen LogP contribution in [0.1, 0.15) is 0 Å². The fourth-order valence-electron chi connectivity index (χ4n) is 1.95. The van der Waals surface area contributed by atoms with E-state index in [1.54, 1.807) is 26.0 Å². The summed E-state index contributed by atoms with van der Waals surface area (Å²) in [5, 5.41) is 2.91. The van der Waals surface area contributed by atoms with Crippen LogP contribution in [-0.4, -0.2) is 32.1 Å². The molecule has 2 aromatic carbocycles. The summed E-state index contributed by atoms with van der Waals surface area (Å²) >= 11 is 3.10. The van der Waals surface area contributed by atoms with Gasteiger partial charge in [0, 0.05) is 15.5 Å². The number of carbonyl (C=O) groups is 1. The molecule has 0 spiro atoms. The van der Waals surface area contributed by atoms with Crippen LogP contribution in [0.5, 0.6) is 11.5 Å². The highest BCUT2D eigenvalue weighted by atomic mass is 32.2. The Labute approximate surface area is 144 Å². The lowest BCUT2D eigenvalue weighted by atomic mass is 10.3. The molecule has 0 saturated carbocycles. The van der Waals surface area contributed by atoms with E-state index in [0.717, 1.165) is 15.5 Å². The average Bonchev–Trinajstić information content (AvgIpc) is 2.59. The van der Waals surface area contributed by atoms with E-state index in [-0.39, 0.29) is 5.91 Å². The molecule has 0 unspecified atom stereocenters. The molecular weight excluding hydrogens is 330 g/mol. The fraction of sp³-hybridized carbons (Fsp3) is 0.235. The summed E-state index contributed by atoms with van der Waals surface area (Å²) in [4.78, 5) is 14.1. The Kier molecular flexibility index (Phi) is 6.67. The van der Waals surface area contributed by atoms with Gasteiger partial charge in [0.25, 0.3) is 0 Å². The predicted molar refractivity (Wildman–Crippen MR) is 97.1 cm³/mol. The van der Waals surface area contributed by atoms with Crippen LogP contribution in [0.4, 0.5) is 5.69 Å². The van der Waals surface area contributed by atoms with Crippen molar-refractivity contribution in [2.75, 3.05) is 31.5 Å². The number of hydrogen-bond donors (Lipinski definition) is 1. The van der Waals surface area contributed by atoms with E-state index in [2.05, 4.69) is 5.32 Å². The second kappa shape index (κ2) is 8.74. The second-order valence-corrected chi connectivity index (χ2v) is 6.51. The predicted octanol–water partition coefficient (Wildman–Crippen LogP) is 4.16. The highest BCUT2D eigenvalue weighted by Gasteiger charge is 2.08. The number of thioether (sulfide) groups is 2. The quantitative estimate of drug-likeness (QED) is 0.761. The minimum absolute atomic E-state index is 0.0389. The van der Waals surface area contributed by atoms with E-state index in [4.69, 9.17) is 9.47 Å². The molecule has 2 rings (SSSR count). The van der Waals surface area contributed by atoms with Crippen LogP contribution in [0.15, 0.2) is 52.3 Å². The zero-order valence-electron chi connectivity index (χ0n) is 13.3. The van der Waals surface area contributed by atoms with Gasteiger partial charge in [0.1, 0.15) is 0 Å². The van der Waals surface area contributed by atoms with Gasteiger partial charge < -0.3 is 14.8 Å². The largest absolute Gasteiger partial charge is 0.493 e. The molecule has 0 aromatic heterocycles. The standard InChI is InChI=1S/C17H19NO3S2/c1-20-15-8-7-14(10-16(15)21-2)23-11-17(19)18-12-5-4-6-13(9-12)22-3/h4-10H,11H2,1-3H3,(H,18,19). The van der Waals surface area contributed by atoms with E-state index < -0.39 is 0 Å². The third kappa shape index (κ3) is 5.11. The van der Waals surface area contributed by atoms with E-state index >= 15 is 0 Å². The lowest BCUT2D eigenvalue weighted by molar-refractivity contribution is -0.113. The molecule has 0 aliphatic rings. The lowest BCUT2D eigenvalue weighted by Crippen LogP contribution is -2.13. The van der Waals surface area contributed by atoms with Crippen molar-refractivity contribution < 1.29 is 14.3 Å². The molecule has 0 radical (unpaired) electrons. The summed E-state index contributed by atoms with van der Waals surface area (Å²) < 4.78 is 10.5. The van der Waals surface area contributed by atoms with Crippen LogP contribution in [-0.2, 0) is 4.79 Å². The van der Waals surface area contributed by atoms with Crippen molar-refractivity contribution in [3.05, 3.63) is 42.5 Å². The molecule has 23 heavy (non-hydrogen) atoms. The van der Waals surface area contributed by atoms with Gasteiger partial charge in [-0.25, -0.2) is 0 Å². The number of hydrogen-bond acceptors (Lipinski definition) is 5. The number of rotatable bonds is 7. The van der Waals surface area contributed by atoms with E-state index in [1.807, 2.05) is 48.7 Å². The Morgan fingerprint density at radius 3 is 2.52 bits per heavy atom. The fourth-order valence-corrected chi connectivity index (χ4v) is 3.14. The van der Waals surface area contributed by atoms with Gasteiger partial charge in [0.15, 0.2) is 11.5 Å². The maximum absolute atomic E-state index is 12.1. The van der Waals surface area contributed by atoms with Crippen molar-refractivity contribution in [1.29, 1.82) is 0 Å². The normalized spacial score (nSPS) is 10.2. The zero-order chi connectivity index (χ0) is 16.7. The van der Waals surface area contributed by atoms with Gasteiger partial charge in [0.2, 0.25) is 5.91 Å². The topological polar surface area (TPSA) is 47.6 Å². The maximum atomic E-state index is 12.1. The Morgan fingerprint density at radius 1 is 1.04 bits per heavy atom. The molecule has 6 heteroatoms. The van der Waals surface area contributed by atoms with Crippen molar-refractivity contribution in [2.24, 2.45) is 0 Å². The zero-order valence-corrected chi connectivity index (χ0v) is 14.9. The number of carbonyl (C=O) groups excluding carboxylic acids is 1. The Balaban J connectivity index is 1.93. The highest BCUT2D eigenvalue weighted by molar-refractivity contribution is 8.00. The minimum atomic E-state index is -0.0389. The number of ether oxygens (including phenoxy) is 2. The number of benzene rings is 2. The van der Waals surface area contributed by atoms with Gasteiger partial charge in [-0.1, -0.05) is 6.07 Å². The molecule has 122 valence electrons. The second-order valence-electron chi connectivity index (χ2n) is 4.59. The molecule has 4 nitrogen and oxygen atoms in total. The third-order valence-corrected chi connectivity index (χ3v) is 4.80. The Bertz CT molecular complexity index is 677. The van der Waals surface area contributed by atoms with Crippen molar-refractivity contribution in [2.45, 2.75) is 9.79 Å². The van der Waals surface area contributed by atoms with Gasteiger partial charge in [-0.15, -0.1) is 23.5 Å². The first-order chi connectivity index (χ1) is 11.2. The molecule has 0 atom stereocenters. The first-order valence-corrected chi connectivity index (χ1v) is 9.16. The van der Waals surface area contributed by atoms with E-state index in [0.29, 0.717) is 17.3 Å². The van der Waals surface area contributed by atoms with Crippen LogP contribution >= 0.6 is 23.5 Å². The van der Waals surface area contributed by atoms with Crippen LogP contribution in [0.2, 0.25) is 0 Å². The van der Waals surface area contributed by atoms with E-state index in [1.165, 1.54) is 11.8 Å². The Morgan fingerprint density at radius 2 is 1.83 bits per heavy atom. The summed E-state index contributed by atoms with van der Waals surface area (Å²) in [6.45, 7) is 0. The third-order valence-electron chi connectivity index (χ3n) is 3.08. The monoisotopic (exact) mass is 349 g/mol. The van der Waals surface area contributed by atoms with Crippen molar-refractivity contribution in [3.8, 4) is 11.5 Å². The maximum Gasteiger partial charge on any atom is 0.234 e. The first-order valence-electron chi connectivity index (χ1n) is 6.95. The number of amides is 1. The molecule has 2 aromatic rings. The van der Waals surface area contributed by atoms with Crippen LogP contribution in [0, 0.1) is 0 Å². The van der Waals surface area contributed by atoms with Gasteiger partial charge in [-0.2, -0.15) is 0 Å². The summed E-state index contributed by atoms with van der Waals surface area (Å²) in [5.74, 6) is 1.63. The number of nitrogens with one attached hydrogen (secondary N) is 1. The molecule has 0 saturated heterocycles. The molecule has 0 fully saturated rings. The molecule has 1 amide bonds. The SMILES string of the molecule is COc1ccc(SCC(=O)Nc2cccc(SC)c2)cc1OC. The summed E-state index contributed by atoms with van der Waals surface area (Å²) in [7, 11) is 3.19. The van der Waals surface area contributed by atoms with Gasteiger partial charge in [0.05, 0.1) is 20.0 Å². The Hall–Kier alpha value is -1.79. The van der Waals surface area contributed by atoms with Crippen molar-refractivity contribution >= 4 is 35.1 Å². The molecule has 0 aliphatic heterocycles. The summed E-state index contributed by atoms with van der Waals surface area (Å²) in [6.07, 6.45) is 2.01. The van der Waals surface area contributed by atoms with Gasteiger partial charge in [-0.05, 0) is 42.7 Å². The number of anilines is 1. The molecule has 0 heterocycles. The van der Waals surface area contributed by atoms with Crippen molar-refractivity contribution in [3.63, 3.8) is 0 Å². The smallest absolute Gasteiger partial charge is 0.234 e. The summed E-state index contributed by atoms with van der Waals surface area (Å²) in [6, 6.07) is 13.4. The molecule has 0 bridgehead atoms. The van der Waals surface area contributed by atoms with Gasteiger partial charge >= 0.3 is 0 Å². The van der Waals surface area contributed by atoms with Crippen LogP contribution in [0.25, 0.3) is 0 Å². The highest BCUT2D eigenvalue weighted by Crippen LogP contribution is 2.31.